The summed E-state index contributed by atoms with van der Waals surface area (Å²) in [6.07, 6.45) is 6.14. The van der Waals surface area contributed by atoms with Crippen LogP contribution in [0.2, 0.25) is 0 Å². The van der Waals surface area contributed by atoms with Gasteiger partial charge in [0.25, 0.3) is 11.8 Å². The summed E-state index contributed by atoms with van der Waals surface area (Å²) in [5.41, 5.74) is 2.98. The predicted molar refractivity (Wildman–Crippen MR) is 223 cm³/mol. The van der Waals surface area contributed by atoms with Gasteiger partial charge in [0, 0.05) is 48.9 Å². The molecular weight excluding hydrogens is 703 g/mol. The molecule has 0 radical (unpaired) electrons. The fourth-order valence-electron chi connectivity index (χ4n) is 4.35. The lowest BCUT2D eigenvalue weighted by molar-refractivity contribution is -0.132. The number of benzene rings is 1. The van der Waals surface area contributed by atoms with Crippen molar-refractivity contribution >= 4 is 35.0 Å². The van der Waals surface area contributed by atoms with E-state index in [2.05, 4.69) is 71.0 Å². The first-order chi connectivity index (χ1) is 25.5. The van der Waals surface area contributed by atoms with Gasteiger partial charge in [0.2, 0.25) is 11.8 Å². The molecule has 0 aliphatic rings. The lowest BCUT2D eigenvalue weighted by Crippen LogP contribution is -2.52. The molecule has 1 aromatic carbocycles. The third kappa shape index (κ3) is 22.8. The Morgan fingerprint density at radius 3 is 1.94 bits per heavy atom. The number of allylic oxidation sites excluding steroid dienone is 4. The van der Waals surface area contributed by atoms with E-state index in [1.807, 2.05) is 46.9 Å². The number of hydrogen-bond acceptors (Lipinski definition) is 8. The van der Waals surface area contributed by atoms with Crippen LogP contribution in [0.1, 0.15) is 113 Å². The fraction of sp³-hybridized carbons (Fsp3) is 0.548. The second kappa shape index (κ2) is 30.2. The number of aromatic nitrogens is 1. The van der Waals surface area contributed by atoms with Gasteiger partial charge in [-0.3, -0.25) is 19.2 Å². The summed E-state index contributed by atoms with van der Waals surface area (Å²) in [6.45, 7) is 27.0. The minimum absolute atomic E-state index is 0.0989. The standard InChI is InChI=1S/C30H45N5O5S.C6H12.C4H6.C2H6O/c1-8-23(24(36)12-19(6)27(37)35-26(18(4)5)30(40)31-14-17(2)3)34-29(39)22-11-9-10-21(13-22)28(38)32-15-25-33-20(7)16-41-25;1-4-6(3)5-2;1-3-4-2;1-3-2/h9-11,13,16-19,23-24,26,36H,8,12,14-15H2,1-7H3,(H,31,40)(H,32,38)(H,34,39)(H,35,37);4H,5H2,1-3H3;3-4H,1-2H2;1-2H3/b;6-4-;;/t19?,23-,24?,26-;;;/m0.../s1. The third-order valence-corrected chi connectivity index (χ3v) is 8.83. The molecule has 54 heavy (non-hydrogen) atoms. The molecule has 1 heterocycles. The minimum atomic E-state index is -0.995. The van der Waals surface area contributed by atoms with Crippen molar-refractivity contribution in [3.63, 3.8) is 0 Å². The number of hydrogen-bond donors (Lipinski definition) is 5. The number of aliphatic hydroxyl groups excluding tert-OH is 1. The molecule has 0 aliphatic carbocycles. The highest BCUT2D eigenvalue weighted by atomic mass is 32.1. The molecule has 11 nitrogen and oxygen atoms in total. The molecule has 2 unspecified atom stereocenters. The number of methoxy groups -OCH3 is 1. The average Bonchev–Trinajstić information content (AvgIpc) is 3.58. The lowest BCUT2D eigenvalue weighted by atomic mass is 9.95. The van der Waals surface area contributed by atoms with Crippen LogP contribution in [0, 0.1) is 24.7 Å². The number of carbonyl (C=O) groups excluding carboxylic acids is 4. The molecule has 1 aromatic heterocycles. The number of nitrogens with zero attached hydrogens (tertiary/aromatic N) is 1. The zero-order valence-corrected chi connectivity index (χ0v) is 35.7. The van der Waals surface area contributed by atoms with Gasteiger partial charge in [-0.1, -0.05) is 91.5 Å². The summed E-state index contributed by atoms with van der Waals surface area (Å²) in [6, 6.07) is 5.06. The van der Waals surface area contributed by atoms with E-state index in [-0.39, 0.29) is 41.5 Å². The van der Waals surface area contributed by atoms with E-state index >= 15 is 0 Å². The van der Waals surface area contributed by atoms with Crippen LogP contribution in [-0.2, 0) is 20.9 Å². The van der Waals surface area contributed by atoms with E-state index in [0.29, 0.717) is 25.1 Å². The maximum absolute atomic E-state index is 13.0. The van der Waals surface area contributed by atoms with E-state index < -0.39 is 30.0 Å². The zero-order valence-electron chi connectivity index (χ0n) is 34.9. The molecule has 304 valence electrons. The molecule has 0 bridgehead atoms. The summed E-state index contributed by atoms with van der Waals surface area (Å²) in [5.74, 6) is -1.74. The van der Waals surface area contributed by atoms with E-state index in [4.69, 9.17) is 0 Å². The van der Waals surface area contributed by atoms with Crippen LogP contribution < -0.4 is 21.3 Å². The number of aryl methyl sites for hydroxylation is 1. The quantitative estimate of drug-likeness (QED) is 0.0843. The molecule has 0 fully saturated rings. The Balaban J connectivity index is 0. The molecule has 12 heteroatoms. The SMILES string of the molecule is C/C=C(/C)CC.C=CC=C.CC[C@H](NC(=O)c1cccc(C(=O)NCc2nc(C)cs2)c1)C(O)CC(C)C(=O)N[C@H](C(=O)NCC(C)C)C(C)C.COC. The Morgan fingerprint density at radius 2 is 1.52 bits per heavy atom. The molecule has 4 amide bonds. The van der Waals surface area contributed by atoms with Crippen molar-refractivity contribution in [2.24, 2.45) is 17.8 Å². The van der Waals surface area contributed by atoms with Crippen LogP contribution in [0.25, 0.3) is 0 Å². The zero-order chi connectivity index (χ0) is 41.8. The van der Waals surface area contributed by atoms with E-state index in [9.17, 15) is 24.3 Å². The van der Waals surface area contributed by atoms with Crippen molar-refractivity contribution in [1.82, 2.24) is 26.3 Å². The number of carbonyl (C=O) groups is 4. The number of thiazole rings is 1. The van der Waals surface area contributed by atoms with Crippen molar-refractivity contribution in [3.05, 3.63) is 88.4 Å². The molecule has 0 saturated heterocycles. The Bertz CT molecular complexity index is 1430. The Hall–Kier alpha value is -4.13. The minimum Gasteiger partial charge on any atom is -0.391 e. The molecule has 0 spiro atoms. The largest absolute Gasteiger partial charge is 0.391 e. The van der Waals surface area contributed by atoms with Crippen LogP contribution in [0.4, 0.5) is 0 Å². The van der Waals surface area contributed by atoms with Crippen LogP contribution in [0.5, 0.6) is 0 Å². The van der Waals surface area contributed by atoms with E-state index in [1.54, 1.807) is 51.5 Å². The van der Waals surface area contributed by atoms with Crippen LogP contribution in [-0.4, -0.2) is 72.7 Å². The second-order valence-corrected chi connectivity index (χ2v) is 14.5. The number of nitrogens with one attached hydrogen (secondary N) is 4. The maximum Gasteiger partial charge on any atom is 0.251 e. The van der Waals surface area contributed by atoms with Gasteiger partial charge < -0.3 is 31.1 Å². The van der Waals surface area contributed by atoms with Crippen molar-refractivity contribution in [3.8, 4) is 0 Å². The summed E-state index contributed by atoms with van der Waals surface area (Å²) in [5, 5.41) is 24.9. The number of ether oxygens (including phenoxy) is 1. The molecule has 5 N–H and O–H groups in total. The molecule has 2 rings (SSSR count). The Morgan fingerprint density at radius 1 is 0.944 bits per heavy atom. The van der Waals surface area contributed by atoms with Crippen molar-refractivity contribution in [2.45, 2.75) is 113 Å². The molecule has 0 aliphatic heterocycles. The Kier molecular flexibility index (Phi) is 29.1. The fourth-order valence-corrected chi connectivity index (χ4v) is 5.06. The van der Waals surface area contributed by atoms with Gasteiger partial charge in [0.1, 0.15) is 11.0 Å². The number of rotatable bonds is 17. The van der Waals surface area contributed by atoms with Crippen LogP contribution in [0.15, 0.2) is 66.6 Å². The van der Waals surface area contributed by atoms with Gasteiger partial charge in [0.05, 0.1) is 18.7 Å². The number of aliphatic hydroxyl groups is 1. The Labute approximate surface area is 329 Å². The lowest BCUT2D eigenvalue weighted by Gasteiger charge is -2.27. The van der Waals surface area contributed by atoms with Crippen LogP contribution in [0.3, 0.4) is 0 Å². The molecular formula is C42H69N5O6S. The van der Waals surface area contributed by atoms with Crippen molar-refractivity contribution in [2.75, 3.05) is 20.8 Å². The normalized spacial score (nSPS) is 12.8. The molecule has 2 aromatic rings. The smallest absolute Gasteiger partial charge is 0.251 e. The summed E-state index contributed by atoms with van der Waals surface area (Å²) < 4.78 is 4.25. The first kappa shape index (κ1) is 52.0. The van der Waals surface area contributed by atoms with E-state index in [1.165, 1.54) is 29.4 Å². The van der Waals surface area contributed by atoms with Gasteiger partial charge in [-0.25, -0.2) is 4.98 Å². The second-order valence-electron chi connectivity index (χ2n) is 13.6. The van der Waals surface area contributed by atoms with E-state index in [0.717, 1.165) is 10.7 Å². The van der Waals surface area contributed by atoms with Gasteiger partial charge in [-0.15, -0.1) is 11.3 Å². The molecule has 0 saturated carbocycles. The highest BCUT2D eigenvalue weighted by Crippen LogP contribution is 2.15. The maximum atomic E-state index is 13.0. The van der Waals surface area contributed by atoms with Gasteiger partial charge in [-0.2, -0.15) is 0 Å². The highest BCUT2D eigenvalue weighted by molar-refractivity contribution is 7.09. The van der Waals surface area contributed by atoms with Crippen LogP contribution >= 0.6 is 11.3 Å². The summed E-state index contributed by atoms with van der Waals surface area (Å²) in [7, 11) is 3.25. The summed E-state index contributed by atoms with van der Waals surface area (Å²) >= 11 is 1.46. The average molecular weight is 772 g/mol. The summed E-state index contributed by atoms with van der Waals surface area (Å²) in [4.78, 5) is 55.5. The predicted octanol–water partition coefficient (Wildman–Crippen LogP) is 7.17. The monoisotopic (exact) mass is 771 g/mol. The molecule has 4 atom stereocenters. The van der Waals surface area contributed by atoms with Gasteiger partial charge >= 0.3 is 0 Å². The third-order valence-electron chi connectivity index (χ3n) is 7.87. The highest BCUT2D eigenvalue weighted by Gasteiger charge is 2.29. The number of amides is 4. The first-order valence-electron chi connectivity index (χ1n) is 18.6. The van der Waals surface area contributed by atoms with Gasteiger partial charge in [-0.05, 0) is 70.1 Å². The first-order valence-corrected chi connectivity index (χ1v) is 19.5. The van der Waals surface area contributed by atoms with Crippen molar-refractivity contribution < 1.29 is 29.0 Å². The van der Waals surface area contributed by atoms with Gasteiger partial charge in [0.15, 0.2) is 0 Å². The van der Waals surface area contributed by atoms with Crippen molar-refractivity contribution in [1.29, 1.82) is 0 Å². The topological polar surface area (TPSA) is 159 Å².